The van der Waals surface area contributed by atoms with Crippen molar-refractivity contribution in [2.75, 3.05) is 20.3 Å². The van der Waals surface area contributed by atoms with Crippen molar-refractivity contribution in [3.63, 3.8) is 0 Å². The highest BCUT2D eigenvalue weighted by atomic mass is 79.9. The predicted octanol–water partition coefficient (Wildman–Crippen LogP) is 4.26. The molecule has 1 heterocycles. The van der Waals surface area contributed by atoms with Gasteiger partial charge in [-0.2, -0.15) is 4.72 Å². The minimum atomic E-state index is -3.95. The van der Waals surface area contributed by atoms with E-state index in [4.69, 9.17) is 14.2 Å². The van der Waals surface area contributed by atoms with Gasteiger partial charge in [-0.25, -0.2) is 8.42 Å². The smallest absolute Gasteiger partial charge is 0.324 e. The first-order chi connectivity index (χ1) is 15.8. The van der Waals surface area contributed by atoms with Crippen molar-refractivity contribution in [1.29, 1.82) is 0 Å². The second-order valence-electron chi connectivity index (χ2n) is 8.47. The van der Waals surface area contributed by atoms with Crippen molar-refractivity contribution in [2.45, 2.75) is 48.8 Å². The summed E-state index contributed by atoms with van der Waals surface area (Å²) in [7, 11) is -2.69. The van der Waals surface area contributed by atoms with Crippen LogP contribution in [0.15, 0.2) is 57.9 Å². The zero-order valence-electron chi connectivity index (χ0n) is 18.5. The standard InChI is InChI=1S/C24H28BrNO6S/c1-30-23(27)22(19-4-2-13-24(16-19)31-14-3-15-32-24)26-33(28,29)21-11-7-18(8-12-21)17-5-9-20(25)10-6-17/h5-12,19,22,26H,2-4,13-16H2,1H3. The molecule has 2 aliphatic rings. The Balaban J connectivity index is 1.53. The minimum absolute atomic E-state index is 0.0907. The van der Waals surface area contributed by atoms with Crippen LogP contribution in [-0.4, -0.2) is 46.5 Å². The Hall–Kier alpha value is -1.78. The molecule has 178 valence electrons. The Bertz CT molecular complexity index is 1060. The molecule has 2 aromatic rings. The van der Waals surface area contributed by atoms with Crippen LogP contribution in [0.4, 0.5) is 0 Å². The zero-order chi connectivity index (χ0) is 23.5. The van der Waals surface area contributed by atoms with E-state index in [-0.39, 0.29) is 10.8 Å². The lowest BCUT2D eigenvalue weighted by Gasteiger charge is -2.44. The Morgan fingerprint density at radius 1 is 1.06 bits per heavy atom. The third-order valence-electron chi connectivity index (χ3n) is 6.28. The van der Waals surface area contributed by atoms with E-state index in [9.17, 15) is 13.2 Å². The topological polar surface area (TPSA) is 90.9 Å². The summed E-state index contributed by atoms with van der Waals surface area (Å²) in [6, 6.07) is 13.3. The van der Waals surface area contributed by atoms with Crippen molar-refractivity contribution >= 4 is 31.9 Å². The fourth-order valence-electron chi connectivity index (χ4n) is 4.57. The molecule has 1 N–H and O–H groups in total. The lowest BCUT2D eigenvalue weighted by Crippen LogP contribution is -2.52. The Morgan fingerprint density at radius 3 is 2.27 bits per heavy atom. The van der Waals surface area contributed by atoms with Crippen LogP contribution in [0.3, 0.4) is 0 Å². The summed E-state index contributed by atoms with van der Waals surface area (Å²) in [6.07, 6.45) is 3.47. The molecule has 1 saturated heterocycles. The average molecular weight is 538 g/mol. The highest BCUT2D eigenvalue weighted by Gasteiger charge is 2.45. The number of benzene rings is 2. The maximum atomic E-state index is 13.2. The molecule has 1 spiro atoms. The lowest BCUT2D eigenvalue weighted by atomic mass is 9.80. The normalized spacial score (nSPS) is 21.5. The summed E-state index contributed by atoms with van der Waals surface area (Å²) in [5, 5.41) is 0. The van der Waals surface area contributed by atoms with Gasteiger partial charge < -0.3 is 14.2 Å². The van der Waals surface area contributed by atoms with E-state index in [1.807, 2.05) is 24.3 Å². The maximum absolute atomic E-state index is 13.2. The first kappa shape index (κ1) is 24.3. The number of rotatable bonds is 6. The molecule has 33 heavy (non-hydrogen) atoms. The molecule has 1 saturated carbocycles. The van der Waals surface area contributed by atoms with Gasteiger partial charge in [0.1, 0.15) is 6.04 Å². The second-order valence-corrected chi connectivity index (χ2v) is 11.1. The number of hydrogen-bond donors (Lipinski definition) is 1. The number of halogens is 1. The van der Waals surface area contributed by atoms with Crippen LogP contribution in [0.25, 0.3) is 11.1 Å². The van der Waals surface area contributed by atoms with E-state index < -0.39 is 27.8 Å². The van der Waals surface area contributed by atoms with Gasteiger partial charge in [-0.05, 0) is 60.6 Å². The quantitative estimate of drug-likeness (QED) is 0.553. The van der Waals surface area contributed by atoms with Crippen molar-refractivity contribution in [3.8, 4) is 11.1 Å². The molecule has 4 rings (SSSR count). The Morgan fingerprint density at radius 2 is 1.67 bits per heavy atom. The summed E-state index contributed by atoms with van der Waals surface area (Å²) >= 11 is 3.41. The molecular weight excluding hydrogens is 510 g/mol. The highest BCUT2D eigenvalue weighted by Crippen LogP contribution is 2.40. The van der Waals surface area contributed by atoms with Gasteiger partial charge in [-0.1, -0.05) is 40.2 Å². The van der Waals surface area contributed by atoms with E-state index in [0.717, 1.165) is 34.9 Å². The number of esters is 1. The number of sulfonamides is 1. The first-order valence-electron chi connectivity index (χ1n) is 11.1. The van der Waals surface area contributed by atoms with Gasteiger partial charge in [0.05, 0.1) is 25.2 Å². The molecule has 7 nitrogen and oxygen atoms in total. The molecule has 0 amide bonds. The fourth-order valence-corrected chi connectivity index (χ4v) is 6.09. The predicted molar refractivity (Wildman–Crippen MR) is 127 cm³/mol. The van der Waals surface area contributed by atoms with Crippen molar-refractivity contribution in [1.82, 2.24) is 4.72 Å². The van der Waals surface area contributed by atoms with Gasteiger partial charge in [0.2, 0.25) is 10.0 Å². The van der Waals surface area contributed by atoms with E-state index in [2.05, 4.69) is 20.7 Å². The molecule has 2 aromatic carbocycles. The third kappa shape index (κ3) is 5.66. The van der Waals surface area contributed by atoms with E-state index in [1.165, 1.54) is 7.11 Å². The number of carbonyl (C=O) groups excluding carboxylic acids is 1. The number of hydrogen-bond acceptors (Lipinski definition) is 6. The monoisotopic (exact) mass is 537 g/mol. The molecule has 2 atom stereocenters. The third-order valence-corrected chi connectivity index (χ3v) is 8.26. The van der Waals surface area contributed by atoms with Gasteiger partial charge in [0, 0.05) is 17.3 Å². The fraction of sp³-hybridized carbons (Fsp3) is 0.458. The van der Waals surface area contributed by atoms with Gasteiger partial charge in [-0.15, -0.1) is 0 Å². The van der Waals surface area contributed by atoms with E-state index in [1.54, 1.807) is 24.3 Å². The van der Waals surface area contributed by atoms with Crippen LogP contribution in [0, 0.1) is 5.92 Å². The van der Waals surface area contributed by atoms with Crippen LogP contribution in [-0.2, 0) is 29.0 Å². The van der Waals surface area contributed by atoms with Crippen molar-refractivity contribution in [3.05, 3.63) is 53.0 Å². The van der Waals surface area contributed by atoms with E-state index >= 15 is 0 Å². The number of nitrogens with one attached hydrogen (secondary N) is 1. The van der Waals surface area contributed by atoms with Gasteiger partial charge in [-0.3, -0.25) is 4.79 Å². The average Bonchev–Trinajstić information content (AvgIpc) is 2.83. The molecule has 0 aromatic heterocycles. The second kappa shape index (κ2) is 10.2. The molecule has 0 bridgehead atoms. The van der Waals surface area contributed by atoms with Gasteiger partial charge in [0.15, 0.2) is 5.79 Å². The number of carbonyl (C=O) groups is 1. The zero-order valence-corrected chi connectivity index (χ0v) is 20.9. The summed E-state index contributed by atoms with van der Waals surface area (Å²) in [4.78, 5) is 12.7. The molecule has 1 aliphatic heterocycles. The highest BCUT2D eigenvalue weighted by molar-refractivity contribution is 9.10. The summed E-state index contributed by atoms with van der Waals surface area (Å²) in [5.74, 6) is -1.64. The summed E-state index contributed by atoms with van der Waals surface area (Å²) in [6.45, 7) is 1.21. The molecule has 1 aliphatic carbocycles. The van der Waals surface area contributed by atoms with Crippen LogP contribution < -0.4 is 4.72 Å². The Kier molecular flexibility index (Phi) is 7.55. The summed E-state index contributed by atoms with van der Waals surface area (Å²) in [5.41, 5.74) is 1.87. The van der Waals surface area contributed by atoms with Crippen LogP contribution >= 0.6 is 15.9 Å². The minimum Gasteiger partial charge on any atom is -0.468 e. The van der Waals surface area contributed by atoms with Crippen LogP contribution in [0.2, 0.25) is 0 Å². The summed E-state index contributed by atoms with van der Waals surface area (Å²) < 4.78 is 46.7. The molecule has 2 fully saturated rings. The number of ether oxygens (including phenoxy) is 3. The largest absolute Gasteiger partial charge is 0.468 e. The first-order valence-corrected chi connectivity index (χ1v) is 13.3. The molecule has 9 heteroatoms. The van der Waals surface area contributed by atoms with Crippen molar-refractivity contribution < 1.29 is 27.4 Å². The van der Waals surface area contributed by atoms with Gasteiger partial charge >= 0.3 is 5.97 Å². The Labute approximate surface area is 203 Å². The number of methoxy groups -OCH3 is 1. The van der Waals surface area contributed by atoms with Gasteiger partial charge in [0.25, 0.3) is 0 Å². The molecule has 2 unspecified atom stereocenters. The van der Waals surface area contributed by atoms with Crippen LogP contribution in [0.1, 0.15) is 32.1 Å². The molecular formula is C24H28BrNO6S. The van der Waals surface area contributed by atoms with E-state index in [0.29, 0.717) is 26.1 Å². The van der Waals surface area contributed by atoms with Crippen LogP contribution in [0.5, 0.6) is 0 Å². The maximum Gasteiger partial charge on any atom is 0.324 e. The lowest BCUT2D eigenvalue weighted by molar-refractivity contribution is -0.286. The molecule has 0 radical (unpaired) electrons. The SMILES string of the molecule is COC(=O)C(NS(=O)(=O)c1ccc(-c2ccc(Br)cc2)cc1)C1CCCC2(C1)OCCCO2. The van der Waals surface area contributed by atoms with Crippen molar-refractivity contribution in [2.24, 2.45) is 5.92 Å².